The highest BCUT2D eigenvalue weighted by molar-refractivity contribution is 5.94. The molecule has 4 heteroatoms. The van der Waals surface area contributed by atoms with Crippen LogP contribution in [0, 0.1) is 0 Å². The molecule has 2 aliphatic rings. The molecule has 4 nitrogen and oxygen atoms in total. The summed E-state index contributed by atoms with van der Waals surface area (Å²) in [6.45, 7) is 3.26. The van der Waals surface area contributed by atoms with Crippen LogP contribution in [-0.2, 0) is 0 Å². The van der Waals surface area contributed by atoms with E-state index in [0.717, 1.165) is 24.9 Å². The molecule has 2 aliphatic heterocycles. The van der Waals surface area contributed by atoms with Crippen LogP contribution in [0.25, 0.3) is 0 Å². The lowest BCUT2D eigenvalue weighted by atomic mass is 9.99. The lowest BCUT2D eigenvalue weighted by Gasteiger charge is -2.29. The Bertz CT molecular complexity index is 516. The molecule has 3 rings (SSSR count). The van der Waals surface area contributed by atoms with Crippen molar-refractivity contribution in [2.45, 2.75) is 63.6 Å². The van der Waals surface area contributed by atoms with Gasteiger partial charge in [-0.05, 0) is 56.4 Å². The maximum absolute atomic E-state index is 12.5. The SMILES string of the molecule is CCCCN(C)c1ccc(C(=O)NC2CC3CCC(C2)N3)cc1. The predicted octanol–water partition coefficient (Wildman–Crippen LogP) is 2.94. The lowest BCUT2D eigenvalue weighted by Crippen LogP contribution is -2.48. The van der Waals surface area contributed by atoms with Crippen LogP contribution in [0.1, 0.15) is 55.8 Å². The summed E-state index contributed by atoms with van der Waals surface area (Å²) in [5.74, 6) is 0.0686. The van der Waals surface area contributed by atoms with Crippen molar-refractivity contribution in [3.63, 3.8) is 0 Å². The van der Waals surface area contributed by atoms with Gasteiger partial charge in [0.05, 0.1) is 0 Å². The first-order chi connectivity index (χ1) is 11.2. The van der Waals surface area contributed by atoms with Gasteiger partial charge in [0.1, 0.15) is 0 Å². The van der Waals surface area contributed by atoms with Gasteiger partial charge in [-0.25, -0.2) is 0 Å². The molecule has 0 saturated carbocycles. The first kappa shape index (κ1) is 16.3. The Morgan fingerprint density at radius 1 is 1.22 bits per heavy atom. The summed E-state index contributed by atoms with van der Waals surface area (Å²) in [6, 6.07) is 9.54. The van der Waals surface area contributed by atoms with E-state index in [0.29, 0.717) is 18.1 Å². The lowest BCUT2D eigenvalue weighted by molar-refractivity contribution is 0.0924. The molecule has 2 saturated heterocycles. The number of nitrogens with one attached hydrogen (secondary N) is 2. The van der Waals surface area contributed by atoms with E-state index in [-0.39, 0.29) is 5.91 Å². The van der Waals surface area contributed by atoms with E-state index in [1.165, 1.54) is 31.4 Å². The number of hydrogen-bond acceptors (Lipinski definition) is 3. The molecule has 2 N–H and O–H groups in total. The molecule has 0 aliphatic carbocycles. The summed E-state index contributed by atoms with van der Waals surface area (Å²) < 4.78 is 0. The van der Waals surface area contributed by atoms with Gasteiger partial charge in [0, 0.05) is 43.0 Å². The summed E-state index contributed by atoms with van der Waals surface area (Å²) in [5, 5.41) is 6.84. The summed E-state index contributed by atoms with van der Waals surface area (Å²) in [4.78, 5) is 14.7. The minimum Gasteiger partial charge on any atom is -0.375 e. The van der Waals surface area contributed by atoms with Crippen LogP contribution in [0.3, 0.4) is 0 Å². The average molecular weight is 315 g/mol. The van der Waals surface area contributed by atoms with Gasteiger partial charge in [0.25, 0.3) is 5.91 Å². The third-order valence-corrected chi connectivity index (χ3v) is 5.23. The van der Waals surface area contributed by atoms with E-state index in [1.807, 2.05) is 12.1 Å². The van der Waals surface area contributed by atoms with Crippen LogP contribution in [0.15, 0.2) is 24.3 Å². The second-order valence-electron chi connectivity index (χ2n) is 7.10. The fraction of sp³-hybridized carbons (Fsp3) is 0.632. The first-order valence-corrected chi connectivity index (χ1v) is 9.04. The minimum atomic E-state index is 0.0686. The molecule has 2 fully saturated rings. The Kier molecular flexibility index (Phi) is 5.21. The third kappa shape index (κ3) is 4.05. The van der Waals surface area contributed by atoms with E-state index in [4.69, 9.17) is 0 Å². The molecular weight excluding hydrogens is 286 g/mol. The Morgan fingerprint density at radius 3 is 2.48 bits per heavy atom. The number of nitrogens with zero attached hydrogens (tertiary/aromatic N) is 1. The number of carbonyl (C=O) groups is 1. The summed E-state index contributed by atoms with van der Waals surface area (Å²) in [6.07, 6.45) is 7.05. The molecule has 2 unspecified atom stereocenters. The van der Waals surface area contributed by atoms with E-state index in [9.17, 15) is 4.79 Å². The number of carbonyl (C=O) groups excluding carboxylic acids is 1. The van der Waals surface area contributed by atoms with E-state index in [1.54, 1.807) is 0 Å². The van der Waals surface area contributed by atoms with Crippen LogP contribution in [0.5, 0.6) is 0 Å². The number of rotatable bonds is 6. The highest BCUT2D eigenvalue weighted by Gasteiger charge is 2.34. The number of benzene rings is 1. The number of amides is 1. The number of anilines is 1. The molecule has 0 aromatic heterocycles. The van der Waals surface area contributed by atoms with E-state index >= 15 is 0 Å². The Balaban J connectivity index is 1.55. The summed E-state index contributed by atoms with van der Waals surface area (Å²) >= 11 is 0. The highest BCUT2D eigenvalue weighted by Crippen LogP contribution is 2.27. The molecule has 0 spiro atoms. The summed E-state index contributed by atoms with van der Waals surface area (Å²) in [5.41, 5.74) is 1.94. The fourth-order valence-electron chi connectivity index (χ4n) is 3.84. The maximum Gasteiger partial charge on any atom is 0.251 e. The van der Waals surface area contributed by atoms with Crippen molar-refractivity contribution in [3.8, 4) is 0 Å². The Labute approximate surface area is 139 Å². The molecule has 0 radical (unpaired) electrons. The second-order valence-corrected chi connectivity index (χ2v) is 7.10. The smallest absolute Gasteiger partial charge is 0.251 e. The summed E-state index contributed by atoms with van der Waals surface area (Å²) in [7, 11) is 2.11. The zero-order valence-electron chi connectivity index (χ0n) is 14.3. The number of hydrogen-bond donors (Lipinski definition) is 2. The normalized spacial score (nSPS) is 26.1. The van der Waals surface area contributed by atoms with E-state index < -0.39 is 0 Å². The standard InChI is InChI=1S/C19H29N3O/c1-3-4-11-22(2)18-9-5-14(6-10-18)19(23)21-17-12-15-7-8-16(13-17)20-15/h5-6,9-10,15-17,20H,3-4,7-8,11-13H2,1-2H3,(H,21,23). The number of unbranched alkanes of at least 4 members (excludes halogenated alkanes) is 1. The predicted molar refractivity (Wildman–Crippen MR) is 95.1 cm³/mol. The Morgan fingerprint density at radius 2 is 1.87 bits per heavy atom. The first-order valence-electron chi connectivity index (χ1n) is 9.04. The molecule has 2 heterocycles. The van der Waals surface area contributed by atoms with Gasteiger partial charge in [0.15, 0.2) is 0 Å². The van der Waals surface area contributed by atoms with Gasteiger partial charge in [-0.1, -0.05) is 13.3 Å². The zero-order valence-corrected chi connectivity index (χ0v) is 14.3. The topological polar surface area (TPSA) is 44.4 Å². The minimum absolute atomic E-state index is 0.0686. The fourth-order valence-corrected chi connectivity index (χ4v) is 3.84. The van der Waals surface area contributed by atoms with Gasteiger partial charge in [-0.15, -0.1) is 0 Å². The van der Waals surface area contributed by atoms with Gasteiger partial charge >= 0.3 is 0 Å². The van der Waals surface area contributed by atoms with Gasteiger partial charge in [-0.2, -0.15) is 0 Å². The van der Waals surface area contributed by atoms with Crippen LogP contribution < -0.4 is 15.5 Å². The van der Waals surface area contributed by atoms with Crippen molar-refractivity contribution in [1.82, 2.24) is 10.6 Å². The van der Waals surface area contributed by atoms with Crippen molar-refractivity contribution >= 4 is 11.6 Å². The maximum atomic E-state index is 12.5. The molecule has 1 amide bonds. The molecule has 126 valence electrons. The van der Waals surface area contributed by atoms with Crippen molar-refractivity contribution in [1.29, 1.82) is 0 Å². The second kappa shape index (κ2) is 7.35. The van der Waals surface area contributed by atoms with Crippen molar-refractivity contribution in [3.05, 3.63) is 29.8 Å². The van der Waals surface area contributed by atoms with Crippen LogP contribution >= 0.6 is 0 Å². The van der Waals surface area contributed by atoms with Crippen LogP contribution in [0.4, 0.5) is 5.69 Å². The number of piperidine rings is 1. The van der Waals surface area contributed by atoms with Crippen molar-refractivity contribution < 1.29 is 4.79 Å². The molecule has 2 bridgehead atoms. The zero-order chi connectivity index (χ0) is 16.2. The molecule has 2 atom stereocenters. The Hall–Kier alpha value is -1.55. The third-order valence-electron chi connectivity index (χ3n) is 5.23. The molecule has 1 aromatic rings. The monoisotopic (exact) mass is 315 g/mol. The van der Waals surface area contributed by atoms with Crippen molar-refractivity contribution in [2.24, 2.45) is 0 Å². The largest absolute Gasteiger partial charge is 0.375 e. The molecule has 1 aromatic carbocycles. The van der Waals surface area contributed by atoms with Crippen LogP contribution in [0.2, 0.25) is 0 Å². The van der Waals surface area contributed by atoms with Gasteiger partial charge < -0.3 is 15.5 Å². The average Bonchev–Trinajstić information content (AvgIpc) is 2.91. The van der Waals surface area contributed by atoms with Gasteiger partial charge in [0.2, 0.25) is 0 Å². The van der Waals surface area contributed by atoms with Crippen molar-refractivity contribution in [2.75, 3.05) is 18.5 Å². The van der Waals surface area contributed by atoms with Crippen LogP contribution in [-0.4, -0.2) is 37.6 Å². The van der Waals surface area contributed by atoms with E-state index in [2.05, 4.69) is 41.6 Å². The van der Waals surface area contributed by atoms with Gasteiger partial charge in [-0.3, -0.25) is 4.79 Å². The quantitative estimate of drug-likeness (QED) is 0.848. The molecular formula is C19H29N3O. The molecule has 23 heavy (non-hydrogen) atoms. The highest BCUT2D eigenvalue weighted by atomic mass is 16.1. The number of fused-ring (bicyclic) bond motifs is 2.